The Labute approximate surface area is 190 Å². The van der Waals surface area contributed by atoms with Crippen LogP contribution in [-0.4, -0.2) is 41.3 Å². The number of ether oxygens (including phenoxy) is 2. The molecule has 0 aliphatic heterocycles. The molecule has 33 heavy (non-hydrogen) atoms. The molecule has 0 atom stereocenters. The van der Waals surface area contributed by atoms with Crippen molar-refractivity contribution >= 4 is 27.6 Å². The third-order valence-electron chi connectivity index (χ3n) is 6.57. The fourth-order valence-electron chi connectivity index (χ4n) is 4.86. The molecule has 4 aromatic rings. The first-order valence-electron chi connectivity index (χ1n) is 11.1. The van der Waals surface area contributed by atoms with Gasteiger partial charge in [0.1, 0.15) is 17.2 Å². The molecule has 1 saturated carbocycles. The second-order valence-electron chi connectivity index (χ2n) is 8.45. The van der Waals surface area contributed by atoms with E-state index in [1.165, 1.54) is 0 Å². The molecule has 0 spiro atoms. The van der Waals surface area contributed by atoms with Gasteiger partial charge in [-0.05, 0) is 49.9 Å². The second-order valence-corrected chi connectivity index (χ2v) is 8.45. The largest absolute Gasteiger partial charge is 0.496 e. The highest BCUT2D eigenvalue weighted by molar-refractivity contribution is 6.01. The molecule has 2 aromatic carbocycles. The molecule has 1 aliphatic rings. The molecular formula is C25H26N4O4. The third-order valence-corrected chi connectivity index (χ3v) is 6.57. The monoisotopic (exact) mass is 446 g/mol. The van der Waals surface area contributed by atoms with Gasteiger partial charge in [0.2, 0.25) is 0 Å². The Kier molecular flexibility index (Phi) is 5.50. The van der Waals surface area contributed by atoms with Gasteiger partial charge in [-0.15, -0.1) is 0 Å². The number of benzene rings is 2. The van der Waals surface area contributed by atoms with E-state index in [1.54, 1.807) is 20.3 Å². The summed E-state index contributed by atoms with van der Waals surface area (Å²) < 4.78 is 10.8. The summed E-state index contributed by atoms with van der Waals surface area (Å²) in [6, 6.07) is 13.1. The van der Waals surface area contributed by atoms with Gasteiger partial charge in [-0.25, -0.2) is 5.10 Å². The minimum atomic E-state index is -0.165. The van der Waals surface area contributed by atoms with E-state index in [0.29, 0.717) is 22.6 Å². The highest BCUT2D eigenvalue weighted by Gasteiger charge is 2.27. The van der Waals surface area contributed by atoms with Crippen LogP contribution in [0.25, 0.3) is 21.7 Å². The highest BCUT2D eigenvalue weighted by Crippen LogP contribution is 2.35. The number of fused-ring (bicyclic) bond motifs is 2. The van der Waals surface area contributed by atoms with E-state index < -0.39 is 0 Å². The van der Waals surface area contributed by atoms with E-state index in [-0.39, 0.29) is 23.4 Å². The van der Waals surface area contributed by atoms with Gasteiger partial charge >= 0.3 is 0 Å². The zero-order chi connectivity index (χ0) is 22.9. The molecule has 0 radical (unpaired) electrons. The summed E-state index contributed by atoms with van der Waals surface area (Å²) in [5, 5.41) is 12.6. The molecule has 170 valence electrons. The van der Waals surface area contributed by atoms with Gasteiger partial charge in [0.05, 0.1) is 30.8 Å². The molecule has 0 bridgehead atoms. The molecule has 8 nitrogen and oxygen atoms in total. The van der Waals surface area contributed by atoms with Crippen LogP contribution in [0.15, 0.2) is 47.3 Å². The van der Waals surface area contributed by atoms with Crippen LogP contribution in [0.1, 0.15) is 47.8 Å². The number of hydrogen-bond donors (Lipinski definition) is 3. The lowest BCUT2D eigenvalue weighted by molar-refractivity contribution is 0.0921. The Hall–Kier alpha value is -3.81. The molecule has 3 N–H and O–H groups in total. The number of hydrogen-bond acceptors (Lipinski definition) is 5. The van der Waals surface area contributed by atoms with Crippen LogP contribution in [-0.2, 0) is 0 Å². The summed E-state index contributed by atoms with van der Waals surface area (Å²) in [4.78, 5) is 28.2. The molecule has 1 aliphatic carbocycles. The van der Waals surface area contributed by atoms with Gasteiger partial charge in [0.15, 0.2) is 0 Å². The van der Waals surface area contributed by atoms with Gasteiger partial charge in [-0.1, -0.05) is 18.2 Å². The number of aromatic amines is 2. The fourth-order valence-corrected chi connectivity index (χ4v) is 4.86. The van der Waals surface area contributed by atoms with Gasteiger partial charge in [-0.3, -0.25) is 9.59 Å². The van der Waals surface area contributed by atoms with Gasteiger partial charge in [-0.2, -0.15) is 5.10 Å². The molecule has 2 heterocycles. The van der Waals surface area contributed by atoms with E-state index in [1.807, 2.05) is 36.4 Å². The highest BCUT2D eigenvalue weighted by atomic mass is 16.5. The van der Waals surface area contributed by atoms with Crippen LogP contribution < -0.4 is 20.3 Å². The van der Waals surface area contributed by atoms with Crippen LogP contribution in [0.5, 0.6) is 11.5 Å². The number of rotatable bonds is 5. The number of aromatic nitrogens is 3. The number of nitrogens with one attached hydrogen (secondary N) is 3. The van der Waals surface area contributed by atoms with Crippen LogP contribution >= 0.6 is 0 Å². The predicted molar refractivity (Wildman–Crippen MR) is 126 cm³/mol. The van der Waals surface area contributed by atoms with Crippen molar-refractivity contribution < 1.29 is 14.3 Å². The quantitative estimate of drug-likeness (QED) is 0.431. The summed E-state index contributed by atoms with van der Waals surface area (Å²) in [6.45, 7) is 0. The Morgan fingerprint density at radius 2 is 1.67 bits per heavy atom. The summed E-state index contributed by atoms with van der Waals surface area (Å²) in [5.41, 5.74) is 1.98. The van der Waals surface area contributed by atoms with E-state index in [4.69, 9.17) is 9.47 Å². The molecule has 2 aromatic heterocycles. The van der Waals surface area contributed by atoms with E-state index in [9.17, 15) is 9.59 Å². The van der Waals surface area contributed by atoms with Crippen molar-refractivity contribution in [2.75, 3.05) is 14.2 Å². The number of methoxy groups -OCH3 is 2. The lowest BCUT2D eigenvalue weighted by atomic mass is 9.82. The average molecular weight is 447 g/mol. The summed E-state index contributed by atoms with van der Waals surface area (Å²) >= 11 is 0. The Morgan fingerprint density at radius 3 is 2.39 bits per heavy atom. The maximum absolute atomic E-state index is 13.0. The Balaban J connectivity index is 1.30. The van der Waals surface area contributed by atoms with Gasteiger partial charge in [0.25, 0.3) is 11.5 Å². The normalized spacial score (nSPS) is 18.4. The second kappa shape index (κ2) is 8.61. The van der Waals surface area contributed by atoms with Crippen molar-refractivity contribution in [1.82, 2.24) is 20.5 Å². The van der Waals surface area contributed by atoms with Crippen molar-refractivity contribution in [3.05, 3.63) is 64.2 Å². The molecule has 0 saturated heterocycles. The topological polar surface area (TPSA) is 109 Å². The van der Waals surface area contributed by atoms with Crippen molar-refractivity contribution in [1.29, 1.82) is 0 Å². The summed E-state index contributed by atoms with van der Waals surface area (Å²) in [7, 11) is 3.20. The van der Waals surface area contributed by atoms with Gasteiger partial charge in [0, 0.05) is 22.7 Å². The van der Waals surface area contributed by atoms with E-state index in [2.05, 4.69) is 20.5 Å². The fraction of sp³-hybridized carbons (Fsp3) is 0.320. The van der Waals surface area contributed by atoms with E-state index >= 15 is 0 Å². The van der Waals surface area contributed by atoms with Crippen LogP contribution in [0, 0.1) is 0 Å². The van der Waals surface area contributed by atoms with Crippen LogP contribution in [0.4, 0.5) is 0 Å². The van der Waals surface area contributed by atoms with Crippen LogP contribution in [0.2, 0.25) is 0 Å². The van der Waals surface area contributed by atoms with Crippen molar-refractivity contribution in [2.45, 2.75) is 37.6 Å². The lowest BCUT2D eigenvalue weighted by Gasteiger charge is -2.29. The number of amides is 1. The standard InChI is InChI=1S/C25H26N4O4/c1-32-20-11-12-21(33-2)23-18(20)13-19(27-23)25(31)26-15-9-7-14(8-10-15)22-16-5-3-4-6-17(16)24(30)29-28-22/h3-6,11-15,27H,7-10H2,1-2H3,(H,26,31)(H,29,30). The molecule has 5 rings (SSSR count). The Morgan fingerprint density at radius 1 is 0.970 bits per heavy atom. The summed E-state index contributed by atoms with van der Waals surface area (Å²) in [5.74, 6) is 1.45. The third kappa shape index (κ3) is 3.82. The number of carbonyl (C=O) groups is 1. The van der Waals surface area contributed by atoms with Crippen molar-refractivity contribution in [2.24, 2.45) is 0 Å². The van der Waals surface area contributed by atoms with E-state index in [0.717, 1.165) is 47.7 Å². The lowest BCUT2D eigenvalue weighted by Crippen LogP contribution is -2.37. The van der Waals surface area contributed by atoms with Crippen molar-refractivity contribution in [3.63, 3.8) is 0 Å². The first kappa shape index (κ1) is 21.1. The van der Waals surface area contributed by atoms with Gasteiger partial charge < -0.3 is 19.8 Å². The first-order chi connectivity index (χ1) is 16.1. The maximum Gasteiger partial charge on any atom is 0.272 e. The smallest absolute Gasteiger partial charge is 0.272 e. The SMILES string of the molecule is COc1ccc(OC)c2[nH]c(C(=O)NC3CCC(c4n[nH]c(=O)c5ccccc45)CC3)cc12. The minimum absolute atomic E-state index is 0.0815. The predicted octanol–water partition coefficient (Wildman–Crippen LogP) is 3.88. The molecule has 1 fully saturated rings. The van der Waals surface area contributed by atoms with Crippen molar-refractivity contribution in [3.8, 4) is 11.5 Å². The minimum Gasteiger partial charge on any atom is -0.496 e. The average Bonchev–Trinajstić information content (AvgIpc) is 3.30. The number of nitrogens with zero attached hydrogens (tertiary/aromatic N) is 1. The molecular weight excluding hydrogens is 420 g/mol. The molecule has 0 unspecified atom stereocenters. The summed E-state index contributed by atoms with van der Waals surface area (Å²) in [6.07, 6.45) is 3.47. The Bertz CT molecular complexity index is 1340. The number of carbonyl (C=O) groups excluding carboxylic acids is 1. The molecule has 1 amide bonds. The zero-order valence-electron chi connectivity index (χ0n) is 18.6. The first-order valence-corrected chi connectivity index (χ1v) is 11.1. The maximum atomic E-state index is 13.0. The molecule has 8 heteroatoms. The van der Waals surface area contributed by atoms with Crippen LogP contribution in [0.3, 0.4) is 0 Å². The zero-order valence-corrected chi connectivity index (χ0v) is 18.6. The number of H-pyrrole nitrogens is 2.